The van der Waals surface area contributed by atoms with Gasteiger partial charge in [0.05, 0.1) is 5.56 Å². The van der Waals surface area contributed by atoms with Crippen LogP contribution < -0.4 is 10.6 Å². The molecule has 124 valence electrons. The minimum atomic E-state index is -1.08. The predicted octanol–water partition coefficient (Wildman–Crippen LogP) is 2.83. The minimum absolute atomic E-state index is 0.174. The standard InChI is InChI=1S/C18H18BrN3O2/c1-18(2,24)8-7-12-5-4-6-14(9-12)22(3)17(23)15-10-13(19)11-21-16(15)20/h4-6,9-11,24H,1-3H3,(H2,20,21). The lowest BCUT2D eigenvalue weighted by Crippen LogP contribution is -2.27. The van der Waals surface area contributed by atoms with E-state index in [1.807, 2.05) is 6.07 Å². The number of pyridine rings is 1. The predicted molar refractivity (Wildman–Crippen MR) is 98.7 cm³/mol. The van der Waals surface area contributed by atoms with Gasteiger partial charge in [-0.05, 0) is 54.0 Å². The number of benzene rings is 1. The molecule has 0 aliphatic carbocycles. The van der Waals surface area contributed by atoms with E-state index in [1.165, 1.54) is 4.90 Å². The highest BCUT2D eigenvalue weighted by Crippen LogP contribution is 2.21. The molecule has 1 aromatic carbocycles. The van der Waals surface area contributed by atoms with Crippen molar-refractivity contribution < 1.29 is 9.90 Å². The van der Waals surface area contributed by atoms with Crippen LogP contribution in [0.25, 0.3) is 0 Å². The first kappa shape index (κ1) is 18.0. The van der Waals surface area contributed by atoms with Gasteiger partial charge in [0.1, 0.15) is 11.4 Å². The lowest BCUT2D eigenvalue weighted by molar-refractivity contribution is 0.0993. The number of carbonyl (C=O) groups excluding carboxylic acids is 1. The second-order valence-electron chi connectivity index (χ2n) is 5.81. The highest BCUT2D eigenvalue weighted by atomic mass is 79.9. The van der Waals surface area contributed by atoms with Gasteiger partial charge in [0, 0.05) is 29.0 Å². The van der Waals surface area contributed by atoms with E-state index in [1.54, 1.807) is 51.4 Å². The maximum absolute atomic E-state index is 12.7. The van der Waals surface area contributed by atoms with Gasteiger partial charge in [-0.25, -0.2) is 4.98 Å². The smallest absolute Gasteiger partial charge is 0.261 e. The molecule has 6 heteroatoms. The normalized spacial score (nSPS) is 10.7. The average Bonchev–Trinajstić information content (AvgIpc) is 2.53. The Morgan fingerprint density at radius 1 is 1.38 bits per heavy atom. The molecule has 1 aromatic heterocycles. The summed E-state index contributed by atoms with van der Waals surface area (Å²) in [5.74, 6) is 5.55. The van der Waals surface area contributed by atoms with E-state index in [4.69, 9.17) is 5.73 Å². The van der Waals surface area contributed by atoms with Gasteiger partial charge >= 0.3 is 0 Å². The second-order valence-corrected chi connectivity index (χ2v) is 6.73. The van der Waals surface area contributed by atoms with Gasteiger partial charge < -0.3 is 15.7 Å². The third-order valence-corrected chi connectivity index (χ3v) is 3.60. The molecule has 0 saturated carbocycles. The van der Waals surface area contributed by atoms with E-state index in [0.717, 1.165) is 0 Å². The molecule has 5 nitrogen and oxygen atoms in total. The topological polar surface area (TPSA) is 79.5 Å². The lowest BCUT2D eigenvalue weighted by atomic mass is 10.1. The number of nitrogens with zero attached hydrogens (tertiary/aromatic N) is 2. The lowest BCUT2D eigenvalue weighted by Gasteiger charge is -2.18. The number of hydrogen-bond donors (Lipinski definition) is 2. The van der Waals surface area contributed by atoms with Crippen LogP contribution in [0.2, 0.25) is 0 Å². The van der Waals surface area contributed by atoms with Crippen LogP contribution in [0.3, 0.4) is 0 Å². The molecular formula is C18H18BrN3O2. The highest BCUT2D eigenvalue weighted by molar-refractivity contribution is 9.10. The number of aliphatic hydroxyl groups is 1. The minimum Gasteiger partial charge on any atom is -0.383 e. The van der Waals surface area contributed by atoms with Gasteiger partial charge in [-0.15, -0.1) is 0 Å². The van der Waals surface area contributed by atoms with Gasteiger partial charge in [-0.3, -0.25) is 4.79 Å². The molecule has 24 heavy (non-hydrogen) atoms. The van der Waals surface area contributed by atoms with E-state index in [0.29, 0.717) is 21.3 Å². The maximum atomic E-state index is 12.7. The molecule has 0 atom stereocenters. The third kappa shape index (κ3) is 4.57. The Labute approximate surface area is 149 Å². The van der Waals surface area contributed by atoms with Crippen molar-refractivity contribution in [2.75, 3.05) is 17.7 Å². The Morgan fingerprint density at radius 3 is 2.75 bits per heavy atom. The molecule has 1 heterocycles. The molecule has 0 fully saturated rings. The number of aromatic nitrogens is 1. The average molecular weight is 388 g/mol. The molecule has 2 aromatic rings. The Kier molecular flexibility index (Phi) is 5.27. The fourth-order valence-corrected chi connectivity index (χ4v) is 2.27. The Balaban J connectivity index is 2.32. The zero-order valence-electron chi connectivity index (χ0n) is 13.7. The van der Waals surface area contributed by atoms with Gasteiger partial charge in [-0.1, -0.05) is 17.9 Å². The van der Waals surface area contributed by atoms with Crippen molar-refractivity contribution in [1.82, 2.24) is 4.98 Å². The van der Waals surface area contributed by atoms with Crippen LogP contribution in [0.1, 0.15) is 29.8 Å². The molecule has 0 unspecified atom stereocenters. The SMILES string of the molecule is CN(C(=O)c1cc(Br)cnc1N)c1cccc(C#CC(C)(C)O)c1. The van der Waals surface area contributed by atoms with Crippen molar-refractivity contribution in [2.45, 2.75) is 19.4 Å². The van der Waals surface area contributed by atoms with Crippen molar-refractivity contribution in [1.29, 1.82) is 0 Å². The van der Waals surface area contributed by atoms with Gasteiger partial charge in [0.15, 0.2) is 0 Å². The van der Waals surface area contributed by atoms with Gasteiger partial charge in [-0.2, -0.15) is 0 Å². The third-order valence-electron chi connectivity index (χ3n) is 3.17. The zero-order chi connectivity index (χ0) is 17.9. The fraction of sp³-hybridized carbons (Fsp3) is 0.222. The maximum Gasteiger partial charge on any atom is 0.261 e. The zero-order valence-corrected chi connectivity index (χ0v) is 15.3. The summed E-state index contributed by atoms with van der Waals surface area (Å²) in [6.45, 7) is 3.23. The number of hydrogen-bond acceptors (Lipinski definition) is 4. The number of nitrogens with two attached hydrogens (primary N) is 1. The van der Waals surface area contributed by atoms with Crippen molar-refractivity contribution in [2.24, 2.45) is 0 Å². The summed E-state index contributed by atoms with van der Waals surface area (Å²) in [5.41, 5.74) is 6.42. The largest absolute Gasteiger partial charge is 0.383 e. The fourth-order valence-electron chi connectivity index (χ4n) is 1.94. The Hall–Kier alpha value is -2.36. The summed E-state index contributed by atoms with van der Waals surface area (Å²) in [4.78, 5) is 18.1. The summed E-state index contributed by atoms with van der Waals surface area (Å²) in [7, 11) is 1.66. The molecule has 1 amide bonds. The quantitative estimate of drug-likeness (QED) is 0.776. The van der Waals surface area contributed by atoms with Crippen LogP contribution in [-0.4, -0.2) is 28.6 Å². The van der Waals surface area contributed by atoms with Crippen molar-refractivity contribution in [3.8, 4) is 11.8 Å². The van der Waals surface area contributed by atoms with Crippen LogP contribution >= 0.6 is 15.9 Å². The van der Waals surface area contributed by atoms with E-state index < -0.39 is 5.60 Å². The number of anilines is 2. The second kappa shape index (κ2) is 7.04. The van der Waals surface area contributed by atoms with Crippen molar-refractivity contribution in [3.63, 3.8) is 0 Å². The molecule has 0 bridgehead atoms. The molecule has 0 spiro atoms. The first-order chi connectivity index (χ1) is 11.2. The van der Waals surface area contributed by atoms with E-state index in [2.05, 4.69) is 32.8 Å². The molecule has 2 rings (SSSR count). The van der Waals surface area contributed by atoms with Crippen LogP contribution in [0.15, 0.2) is 41.0 Å². The first-order valence-corrected chi connectivity index (χ1v) is 8.01. The summed E-state index contributed by atoms with van der Waals surface area (Å²) >= 11 is 3.29. The Bertz CT molecular complexity index is 832. The van der Waals surface area contributed by atoms with Crippen LogP contribution in [0, 0.1) is 11.8 Å². The number of halogens is 1. The number of nitrogen functional groups attached to an aromatic ring is 1. The first-order valence-electron chi connectivity index (χ1n) is 7.22. The number of carbonyl (C=O) groups is 1. The van der Waals surface area contributed by atoms with Crippen molar-refractivity contribution >= 4 is 33.3 Å². The van der Waals surface area contributed by atoms with E-state index in [-0.39, 0.29) is 11.7 Å². The summed E-state index contributed by atoms with van der Waals surface area (Å²) in [5, 5.41) is 9.69. The van der Waals surface area contributed by atoms with E-state index in [9.17, 15) is 9.90 Å². The van der Waals surface area contributed by atoms with Crippen LogP contribution in [-0.2, 0) is 0 Å². The molecule has 0 saturated heterocycles. The molecule has 0 radical (unpaired) electrons. The number of amides is 1. The van der Waals surface area contributed by atoms with Crippen molar-refractivity contribution in [3.05, 3.63) is 52.1 Å². The summed E-state index contributed by atoms with van der Waals surface area (Å²) < 4.78 is 0.679. The molecule has 0 aliphatic heterocycles. The van der Waals surface area contributed by atoms with Crippen LogP contribution in [0.5, 0.6) is 0 Å². The van der Waals surface area contributed by atoms with E-state index >= 15 is 0 Å². The van der Waals surface area contributed by atoms with Crippen LogP contribution in [0.4, 0.5) is 11.5 Å². The molecule has 3 N–H and O–H groups in total. The monoisotopic (exact) mass is 387 g/mol. The highest BCUT2D eigenvalue weighted by Gasteiger charge is 2.17. The summed E-state index contributed by atoms with van der Waals surface area (Å²) in [6, 6.07) is 8.83. The molecule has 0 aliphatic rings. The number of rotatable bonds is 2. The Morgan fingerprint density at radius 2 is 2.08 bits per heavy atom. The van der Waals surface area contributed by atoms with Gasteiger partial charge in [0.25, 0.3) is 5.91 Å². The molecular weight excluding hydrogens is 370 g/mol. The van der Waals surface area contributed by atoms with Gasteiger partial charge in [0.2, 0.25) is 0 Å². The summed E-state index contributed by atoms with van der Waals surface area (Å²) in [6.07, 6.45) is 1.54.